The number of nitrogens with zero attached hydrogens (tertiary/aromatic N) is 3. The molecule has 0 bridgehead atoms. The van der Waals surface area contributed by atoms with Gasteiger partial charge in [0.2, 0.25) is 18.5 Å². The number of carbonyl (C=O) groups excluding carboxylic acids is 6. The number of anilines is 2. The fourth-order valence-electron chi connectivity index (χ4n) is 8.08. The van der Waals surface area contributed by atoms with Crippen LogP contribution < -0.4 is 16.0 Å². The fourth-order valence-corrected chi connectivity index (χ4v) is 8.08. The molecule has 17 heteroatoms. The molecule has 0 spiro atoms. The number of hydrogen-bond donors (Lipinski definition) is 6. The predicted molar refractivity (Wildman–Crippen MR) is 210 cm³/mol. The van der Waals surface area contributed by atoms with Crippen LogP contribution in [-0.4, -0.2) is 125 Å². The molecule has 58 heavy (non-hydrogen) atoms. The molecular weight excluding hydrogens is 754 g/mol. The molecule has 0 fully saturated rings. The summed E-state index contributed by atoms with van der Waals surface area (Å²) in [5.74, 6) is -9.48. The highest BCUT2D eigenvalue weighted by Gasteiger charge is 2.63. The van der Waals surface area contributed by atoms with E-state index in [9.17, 15) is 49.2 Å². The lowest BCUT2D eigenvalue weighted by atomic mass is 9.58. The minimum atomic E-state index is -2.82. The number of ether oxygens (including phenoxy) is 2. The molecule has 17 nitrogen and oxygen atoms in total. The van der Waals surface area contributed by atoms with Gasteiger partial charge in [0.1, 0.15) is 23.6 Å². The summed E-state index contributed by atoms with van der Waals surface area (Å²) in [6, 6.07) is 7.14. The average Bonchev–Trinajstić information content (AvgIpc) is 3.13. The van der Waals surface area contributed by atoms with Crippen molar-refractivity contribution < 1.29 is 58.7 Å². The number of hydrogen-bond acceptors (Lipinski definition) is 14. The van der Waals surface area contributed by atoms with Crippen molar-refractivity contribution in [2.45, 2.75) is 64.0 Å². The lowest BCUT2D eigenvalue weighted by Gasteiger charge is -2.50. The molecule has 312 valence electrons. The SMILES string of the molecule is CCCN(CC(=O)Nc1cc(N(C)C)c2c(c1O)C(=O)C1=C(O)[C@]3(O)C(=O)C(C(N)=O)=C(O)[C@@H](N(C)C)[C@@H]3C[C@@H]1C2)C(=O)OCOC(=O)c1ccc(C(C)(C)C)cc1. The van der Waals surface area contributed by atoms with Crippen LogP contribution >= 0.6 is 0 Å². The fraction of sp³-hybridized carbons (Fsp3) is 0.463. The summed E-state index contributed by atoms with van der Waals surface area (Å²) in [5, 5.41) is 48.7. The molecule has 3 amide bonds. The van der Waals surface area contributed by atoms with E-state index in [1.54, 1.807) is 64.3 Å². The minimum Gasteiger partial charge on any atom is -0.510 e. The summed E-state index contributed by atoms with van der Waals surface area (Å²) in [4.78, 5) is 83.5. The van der Waals surface area contributed by atoms with E-state index < -0.39 is 95.1 Å². The first-order valence-corrected chi connectivity index (χ1v) is 18.8. The van der Waals surface area contributed by atoms with Crippen molar-refractivity contribution in [3.05, 3.63) is 75.3 Å². The predicted octanol–water partition coefficient (Wildman–Crippen LogP) is 3.09. The number of nitrogens with two attached hydrogens (primary N) is 1. The number of allylic oxidation sites excluding steroid dienone is 1. The van der Waals surface area contributed by atoms with E-state index in [0.29, 0.717) is 17.7 Å². The molecule has 3 aliphatic carbocycles. The second-order valence-electron chi connectivity index (χ2n) is 16.3. The molecule has 0 aromatic heterocycles. The van der Waals surface area contributed by atoms with Crippen LogP contribution in [0.15, 0.2) is 53.0 Å². The number of primary amides is 1. The van der Waals surface area contributed by atoms with E-state index in [-0.39, 0.29) is 47.2 Å². The Morgan fingerprint density at radius 3 is 2.19 bits per heavy atom. The Hall–Kier alpha value is -5.94. The highest BCUT2D eigenvalue weighted by Crippen LogP contribution is 2.54. The number of ketones is 2. The largest absolute Gasteiger partial charge is 0.510 e. The number of esters is 1. The number of aliphatic hydroxyl groups is 3. The Morgan fingerprint density at radius 2 is 1.64 bits per heavy atom. The van der Waals surface area contributed by atoms with Crippen LogP contribution in [0.1, 0.15) is 72.4 Å². The van der Waals surface area contributed by atoms with E-state index in [4.69, 9.17) is 15.2 Å². The zero-order chi connectivity index (χ0) is 43.2. The molecule has 0 unspecified atom stereocenters. The molecule has 3 aliphatic rings. The number of rotatable bonds is 11. The van der Waals surface area contributed by atoms with Gasteiger partial charge in [-0.15, -0.1) is 0 Å². The van der Waals surface area contributed by atoms with Crippen molar-refractivity contribution in [1.29, 1.82) is 0 Å². The van der Waals surface area contributed by atoms with Crippen LogP contribution in [0.25, 0.3) is 0 Å². The Bertz CT molecular complexity index is 2120. The van der Waals surface area contributed by atoms with Crippen molar-refractivity contribution in [2.75, 3.05) is 58.3 Å². The zero-order valence-electron chi connectivity index (χ0n) is 33.8. The van der Waals surface area contributed by atoms with E-state index in [1.807, 2.05) is 20.8 Å². The molecule has 0 radical (unpaired) electrons. The third-order valence-corrected chi connectivity index (χ3v) is 10.9. The van der Waals surface area contributed by atoms with Crippen molar-refractivity contribution in [2.24, 2.45) is 17.6 Å². The monoisotopic (exact) mass is 805 g/mol. The number of carbonyl (C=O) groups is 6. The third-order valence-electron chi connectivity index (χ3n) is 10.9. The highest BCUT2D eigenvalue weighted by molar-refractivity contribution is 6.25. The summed E-state index contributed by atoms with van der Waals surface area (Å²) in [5.41, 5.74) is 2.74. The molecule has 7 N–H and O–H groups in total. The molecule has 0 saturated heterocycles. The first kappa shape index (κ1) is 43.2. The van der Waals surface area contributed by atoms with Crippen LogP contribution in [0.2, 0.25) is 0 Å². The highest BCUT2D eigenvalue weighted by atomic mass is 16.7. The number of Topliss-reactive ketones (excluding diaryl/α,β-unsaturated/α-hetero) is 2. The Morgan fingerprint density at radius 1 is 1.00 bits per heavy atom. The molecule has 0 aliphatic heterocycles. The maximum Gasteiger partial charge on any atom is 0.413 e. The van der Waals surface area contributed by atoms with Crippen molar-refractivity contribution in [3.8, 4) is 5.75 Å². The second kappa shape index (κ2) is 16.1. The maximum absolute atomic E-state index is 14.4. The van der Waals surface area contributed by atoms with Gasteiger partial charge < -0.3 is 45.9 Å². The van der Waals surface area contributed by atoms with Gasteiger partial charge in [0, 0.05) is 37.8 Å². The maximum atomic E-state index is 14.4. The molecular formula is C41H51N5O12. The number of likely N-dealkylation sites (N-methyl/N-ethyl adjacent to an activating group) is 1. The van der Waals surface area contributed by atoms with Crippen molar-refractivity contribution in [1.82, 2.24) is 9.80 Å². The van der Waals surface area contributed by atoms with Gasteiger partial charge in [0.15, 0.2) is 17.1 Å². The van der Waals surface area contributed by atoms with Gasteiger partial charge in [-0.3, -0.25) is 29.0 Å². The van der Waals surface area contributed by atoms with Crippen molar-refractivity contribution in [3.63, 3.8) is 0 Å². The first-order valence-electron chi connectivity index (χ1n) is 18.8. The number of aromatic hydroxyl groups is 1. The molecule has 4 atom stereocenters. The molecule has 5 rings (SSSR count). The molecule has 0 saturated carbocycles. The van der Waals surface area contributed by atoms with Gasteiger partial charge in [-0.2, -0.15) is 0 Å². The number of phenols is 1. The van der Waals surface area contributed by atoms with Gasteiger partial charge in [0.05, 0.1) is 22.9 Å². The Balaban J connectivity index is 1.38. The van der Waals surface area contributed by atoms with Crippen LogP contribution in [0.4, 0.5) is 16.2 Å². The van der Waals surface area contributed by atoms with E-state index in [2.05, 4.69) is 5.32 Å². The van der Waals surface area contributed by atoms with E-state index >= 15 is 0 Å². The molecule has 2 aromatic carbocycles. The zero-order valence-corrected chi connectivity index (χ0v) is 33.8. The van der Waals surface area contributed by atoms with Gasteiger partial charge in [-0.1, -0.05) is 39.8 Å². The Labute approximate surface area is 335 Å². The molecule has 0 heterocycles. The summed E-state index contributed by atoms with van der Waals surface area (Å²) >= 11 is 0. The van der Waals surface area contributed by atoms with Crippen LogP contribution in [0.5, 0.6) is 5.75 Å². The molecule has 2 aromatic rings. The number of phenolic OH excluding ortho intramolecular Hbond substituents is 1. The average molecular weight is 806 g/mol. The number of fused-ring (bicyclic) bond motifs is 3. The van der Waals surface area contributed by atoms with Crippen LogP contribution in [0, 0.1) is 11.8 Å². The van der Waals surface area contributed by atoms with E-state index in [0.717, 1.165) is 10.5 Å². The standard InChI is InChI=1S/C41H51N5O12/c1-9-14-46(39(55)58-19-57-38(54)20-10-12-22(13-11-20)40(2,3)4)18-27(47)43-25-17-26(44(5)6)23-15-21-16-24-31(45(7)8)34(50)30(37(42)53)36(52)41(24,56)35(51)28(21)33(49)29(23)32(25)48/h10-13,17,21,24,31,48,50-51,56H,9,14-16,18-19H2,1-8H3,(H2,42,53)(H,43,47)/t21-,24-,31-,41-/m0/s1. The number of nitrogens with one attached hydrogen (secondary N) is 1. The topological polar surface area (TPSA) is 250 Å². The lowest BCUT2D eigenvalue weighted by Crippen LogP contribution is -2.63. The van der Waals surface area contributed by atoms with Crippen molar-refractivity contribution >= 4 is 46.8 Å². The Kier molecular flexibility index (Phi) is 12.0. The van der Waals surface area contributed by atoms with Crippen LogP contribution in [0.3, 0.4) is 0 Å². The number of amides is 3. The van der Waals surface area contributed by atoms with Crippen LogP contribution in [-0.2, 0) is 35.7 Å². The summed E-state index contributed by atoms with van der Waals surface area (Å²) in [6.07, 6.45) is -0.588. The van der Waals surface area contributed by atoms with Gasteiger partial charge >= 0.3 is 12.1 Å². The third kappa shape index (κ3) is 7.70. The van der Waals surface area contributed by atoms with E-state index in [1.165, 1.54) is 11.0 Å². The van der Waals surface area contributed by atoms with Gasteiger partial charge in [-0.25, -0.2) is 9.59 Å². The quantitative estimate of drug-likeness (QED) is 0.0827. The van der Waals surface area contributed by atoms with Gasteiger partial charge in [0.25, 0.3) is 5.91 Å². The normalized spacial score (nSPS) is 21.5. The van der Waals surface area contributed by atoms with Gasteiger partial charge in [-0.05, 0) is 74.0 Å². The first-order chi connectivity index (χ1) is 27.1. The smallest absolute Gasteiger partial charge is 0.413 e. The minimum absolute atomic E-state index is 0.0345. The number of benzene rings is 2. The lowest BCUT2D eigenvalue weighted by molar-refractivity contribution is -0.148. The summed E-state index contributed by atoms with van der Waals surface area (Å²) < 4.78 is 10.3. The summed E-state index contributed by atoms with van der Waals surface area (Å²) in [7, 11) is 6.44. The summed E-state index contributed by atoms with van der Waals surface area (Å²) in [6.45, 7) is 6.67. The second-order valence-corrected chi connectivity index (χ2v) is 16.3. The number of aliphatic hydroxyl groups excluding tert-OH is 2.